The highest BCUT2D eigenvalue weighted by molar-refractivity contribution is 5.91. The highest BCUT2D eigenvalue weighted by Crippen LogP contribution is 2.48. The van der Waals surface area contributed by atoms with Crippen LogP contribution in [0.15, 0.2) is 48.7 Å². The molecule has 0 bridgehead atoms. The smallest absolute Gasteiger partial charge is 0.230 e. The SMILES string of the molecule is Nc1ccc(C2(C(=O)NCCc3ccccn3)CC2)cc1. The predicted octanol–water partition coefficient (Wildman–Crippen LogP) is 2.05. The van der Waals surface area contributed by atoms with Crippen LogP contribution < -0.4 is 11.1 Å². The summed E-state index contributed by atoms with van der Waals surface area (Å²) in [6.45, 7) is 0.618. The van der Waals surface area contributed by atoms with Gasteiger partial charge in [0.05, 0.1) is 5.41 Å². The van der Waals surface area contributed by atoms with Gasteiger partial charge in [-0.05, 0) is 42.7 Å². The summed E-state index contributed by atoms with van der Waals surface area (Å²) in [5.74, 6) is 0.114. The number of anilines is 1. The topological polar surface area (TPSA) is 68.0 Å². The van der Waals surface area contributed by atoms with E-state index in [-0.39, 0.29) is 11.3 Å². The third kappa shape index (κ3) is 2.89. The summed E-state index contributed by atoms with van der Waals surface area (Å²) in [6, 6.07) is 13.5. The molecule has 1 aromatic heterocycles. The van der Waals surface area contributed by atoms with Crippen molar-refractivity contribution in [1.29, 1.82) is 0 Å². The third-order valence-corrected chi connectivity index (χ3v) is 4.04. The number of nitrogen functional groups attached to an aromatic ring is 1. The van der Waals surface area contributed by atoms with Crippen LogP contribution in [0, 0.1) is 0 Å². The van der Waals surface area contributed by atoms with Gasteiger partial charge < -0.3 is 11.1 Å². The molecule has 108 valence electrons. The number of aromatic nitrogens is 1. The minimum Gasteiger partial charge on any atom is -0.399 e. The Balaban J connectivity index is 1.59. The van der Waals surface area contributed by atoms with E-state index in [2.05, 4.69) is 10.3 Å². The van der Waals surface area contributed by atoms with Gasteiger partial charge in [0.1, 0.15) is 0 Å². The van der Waals surface area contributed by atoms with Gasteiger partial charge >= 0.3 is 0 Å². The molecule has 3 N–H and O–H groups in total. The maximum absolute atomic E-state index is 12.4. The molecule has 21 heavy (non-hydrogen) atoms. The van der Waals surface area contributed by atoms with Crippen LogP contribution in [0.25, 0.3) is 0 Å². The first kappa shape index (κ1) is 13.6. The Kier molecular flexibility index (Phi) is 3.60. The molecule has 0 aliphatic heterocycles. The fourth-order valence-corrected chi connectivity index (χ4v) is 2.59. The first-order valence-electron chi connectivity index (χ1n) is 7.25. The van der Waals surface area contributed by atoms with Crippen molar-refractivity contribution < 1.29 is 4.79 Å². The molecule has 4 heteroatoms. The molecule has 1 heterocycles. The maximum Gasteiger partial charge on any atom is 0.230 e. The zero-order chi connectivity index (χ0) is 14.7. The second-order valence-corrected chi connectivity index (χ2v) is 5.53. The number of nitrogens with two attached hydrogens (primary N) is 1. The molecule has 1 saturated carbocycles. The highest BCUT2D eigenvalue weighted by Gasteiger charge is 2.50. The van der Waals surface area contributed by atoms with Crippen molar-refractivity contribution in [2.45, 2.75) is 24.7 Å². The van der Waals surface area contributed by atoms with E-state index >= 15 is 0 Å². The van der Waals surface area contributed by atoms with Crippen molar-refractivity contribution in [1.82, 2.24) is 10.3 Å². The number of amides is 1. The number of pyridine rings is 1. The molecule has 1 amide bonds. The molecule has 1 aliphatic carbocycles. The van der Waals surface area contributed by atoms with Crippen molar-refractivity contribution in [3.63, 3.8) is 0 Å². The number of carbonyl (C=O) groups is 1. The predicted molar refractivity (Wildman–Crippen MR) is 82.7 cm³/mol. The second kappa shape index (κ2) is 5.56. The lowest BCUT2D eigenvalue weighted by Gasteiger charge is -2.16. The minimum atomic E-state index is -0.335. The van der Waals surface area contributed by atoms with Crippen LogP contribution in [0.4, 0.5) is 5.69 Å². The summed E-state index contributed by atoms with van der Waals surface area (Å²) in [7, 11) is 0. The lowest BCUT2D eigenvalue weighted by molar-refractivity contribution is -0.123. The Bertz CT molecular complexity index is 618. The van der Waals surface area contributed by atoms with E-state index in [9.17, 15) is 4.79 Å². The largest absolute Gasteiger partial charge is 0.399 e. The first-order chi connectivity index (χ1) is 10.2. The van der Waals surface area contributed by atoms with Gasteiger partial charge in [-0.1, -0.05) is 18.2 Å². The molecule has 1 aliphatic rings. The second-order valence-electron chi connectivity index (χ2n) is 5.53. The van der Waals surface area contributed by atoms with E-state index in [1.54, 1.807) is 6.20 Å². The van der Waals surface area contributed by atoms with E-state index in [4.69, 9.17) is 5.73 Å². The average molecular weight is 281 g/mol. The van der Waals surface area contributed by atoms with Gasteiger partial charge in [-0.15, -0.1) is 0 Å². The van der Waals surface area contributed by atoms with Crippen LogP contribution in [-0.2, 0) is 16.6 Å². The minimum absolute atomic E-state index is 0.114. The average Bonchev–Trinajstić information content (AvgIpc) is 3.31. The lowest BCUT2D eigenvalue weighted by atomic mass is 9.94. The molecule has 1 fully saturated rings. The van der Waals surface area contributed by atoms with Gasteiger partial charge in [0.2, 0.25) is 5.91 Å². The van der Waals surface area contributed by atoms with Gasteiger partial charge in [0.25, 0.3) is 0 Å². The van der Waals surface area contributed by atoms with Crippen LogP contribution in [-0.4, -0.2) is 17.4 Å². The van der Waals surface area contributed by atoms with Crippen LogP contribution in [0.2, 0.25) is 0 Å². The molecule has 0 saturated heterocycles. The molecular weight excluding hydrogens is 262 g/mol. The number of nitrogens with one attached hydrogen (secondary N) is 1. The van der Waals surface area contributed by atoms with E-state index in [0.29, 0.717) is 6.54 Å². The van der Waals surface area contributed by atoms with Crippen LogP contribution in [0.5, 0.6) is 0 Å². The van der Waals surface area contributed by atoms with E-state index < -0.39 is 0 Å². The molecule has 0 spiro atoms. The number of nitrogens with zero attached hydrogens (tertiary/aromatic N) is 1. The van der Waals surface area contributed by atoms with Crippen LogP contribution >= 0.6 is 0 Å². The fourth-order valence-electron chi connectivity index (χ4n) is 2.59. The van der Waals surface area contributed by atoms with Gasteiger partial charge in [0, 0.05) is 30.5 Å². The van der Waals surface area contributed by atoms with Crippen LogP contribution in [0.1, 0.15) is 24.1 Å². The number of benzene rings is 1. The maximum atomic E-state index is 12.4. The van der Waals surface area contributed by atoms with Gasteiger partial charge in [-0.25, -0.2) is 0 Å². The molecule has 4 nitrogen and oxygen atoms in total. The van der Waals surface area contributed by atoms with Gasteiger partial charge in [-0.3, -0.25) is 9.78 Å². The normalized spacial score (nSPS) is 15.4. The molecular formula is C17H19N3O. The number of carbonyl (C=O) groups excluding carboxylic acids is 1. The highest BCUT2D eigenvalue weighted by atomic mass is 16.2. The van der Waals surface area contributed by atoms with E-state index in [0.717, 1.165) is 36.2 Å². The molecule has 0 atom stereocenters. The Morgan fingerprint density at radius 1 is 1.19 bits per heavy atom. The summed E-state index contributed by atoms with van der Waals surface area (Å²) in [5.41, 5.74) is 8.15. The number of rotatable bonds is 5. The number of hydrogen-bond acceptors (Lipinski definition) is 3. The fraction of sp³-hybridized carbons (Fsp3) is 0.294. The summed E-state index contributed by atoms with van der Waals surface area (Å²) in [6.07, 6.45) is 4.34. The monoisotopic (exact) mass is 281 g/mol. The summed E-state index contributed by atoms with van der Waals surface area (Å²) < 4.78 is 0. The Hall–Kier alpha value is -2.36. The Morgan fingerprint density at radius 3 is 2.57 bits per heavy atom. The third-order valence-electron chi connectivity index (χ3n) is 4.04. The molecule has 1 aromatic carbocycles. The van der Waals surface area contributed by atoms with Crippen molar-refractivity contribution >= 4 is 11.6 Å². The summed E-state index contributed by atoms with van der Waals surface area (Å²) in [4.78, 5) is 16.7. The first-order valence-corrected chi connectivity index (χ1v) is 7.25. The van der Waals surface area contributed by atoms with E-state index in [1.807, 2.05) is 42.5 Å². The molecule has 3 rings (SSSR count). The van der Waals surface area contributed by atoms with Crippen molar-refractivity contribution in [3.05, 3.63) is 59.9 Å². The number of hydrogen-bond donors (Lipinski definition) is 2. The summed E-state index contributed by atoms with van der Waals surface area (Å²) in [5, 5.41) is 3.04. The van der Waals surface area contributed by atoms with Gasteiger partial charge in [0.15, 0.2) is 0 Å². The summed E-state index contributed by atoms with van der Waals surface area (Å²) >= 11 is 0. The lowest BCUT2D eigenvalue weighted by Crippen LogP contribution is -2.36. The Labute approximate surface area is 124 Å². The molecule has 0 unspecified atom stereocenters. The zero-order valence-electron chi connectivity index (χ0n) is 11.9. The van der Waals surface area contributed by atoms with Gasteiger partial charge in [-0.2, -0.15) is 0 Å². The quantitative estimate of drug-likeness (QED) is 0.824. The van der Waals surface area contributed by atoms with Crippen molar-refractivity contribution in [2.24, 2.45) is 0 Å². The van der Waals surface area contributed by atoms with Crippen molar-refractivity contribution in [2.75, 3.05) is 12.3 Å². The van der Waals surface area contributed by atoms with Crippen LogP contribution in [0.3, 0.4) is 0 Å². The molecule has 0 radical (unpaired) electrons. The van der Waals surface area contributed by atoms with Crippen molar-refractivity contribution in [3.8, 4) is 0 Å². The zero-order valence-corrected chi connectivity index (χ0v) is 11.9. The standard InChI is InChI=1S/C17H19N3O/c18-14-6-4-13(5-7-14)17(9-10-17)16(21)20-12-8-15-3-1-2-11-19-15/h1-7,11H,8-10,12,18H2,(H,20,21). The molecule has 2 aromatic rings. The Morgan fingerprint density at radius 2 is 1.95 bits per heavy atom. The van der Waals surface area contributed by atoms with E-state index in [1.165, 1.54) is 0 Å².